The van der Waals surface area contributed by atoms with Crippen molar-refractivity contribution < 1.29 is 29.0 Å². The number of hydrogen-bond donors (Lipinski definition) is 1. The molecule has 37 heavy (non-hydrogen) atoms. The highest BCUT2D eigenvalue weighted by molar-refractivity contribution is 5.98. The van der Waals surface area contributed by atoms with Crippen LogP contribution in [0, 0.1) is 11.8 Å². The van der Waals surface area contributed by atoms with E-state index in [0.29, 0.717) is 38.8 Å². The zero-order valence-electron chi connectivity index (χ0n) is 23.0. The number of aliphatic hydroxyl groups is 1. The third-order valence-corrected chi connectivity index (χ3v) is 8.49. The summed E-state index contributed by atoms with van der Waals surface area (Å²) in [5.74, 6) is -2.22. The van der Waals surface area contributed by atoms with Crippen molar-refractivity contribution in [3.8, 4) is 0 Å². The van der Waals surface area contributed by atoms with Gasteiger partial charge in [-0.2, -0.15) is 0 Å². The second-order valence-electron chi connectivity index (χ2n) is 11.1. The van der Waals surface area contributed by atoms with Crippen molar-refractivity contribution in [2.45, 2.75) is 102 Å². The lowest BCUT2D eigenvalue weighted by Gasteiger charge is -2.39. The van der Waals surface area contributed by atoms with Crippen molar-refractivity contribution in [1.29, 1.82) is 0 Å². The van der Waals surface area contributed by atoms with Crippen LogP contribution in [0.25, 0.3) is 0 Å². The minimum atomic E-state index is -1.04. The molecular formula is C29H46N2O6. The number of esters is 1. The molecule has 0 aromatic rings. The van der Waals surface area contributed by atoms with Gasteiger partial charge in [0.2, 0.25) is 11.8 Å². The van der Waals surface area contributed by atoms with Gasteiger partial charge in [0.05, 0.1) is 18.1 Å². The van der Waals surface area contributed by atoms with Gasteiger partial charge in [-0.05, 0) is 52.4 Å². The third-order valence-electron chi connectivity index (χ3n) is 8.49. The average molecular weight is 519 g/mol. The van der Waals surface area contributed by atoms with Crippen LogP contribution in [0.2, 0.25) is 0 Å². The second kappa shape index (κ2) is 12.6. The molecule has 8 heteroatoms. The highest BCUT2D eigenvalue weighted by atomic mass is 16.6. The van der Waals surface area contributed by atoms with Crippen LogP contribution < -0.4 is 0 Å². The first-order valence-corrected chi connectivity index (χ1v) is 14.0. The van der Waals surface area contributed by atoms with E-state index in [-0.39, 0.29) is 31.1 Å². The van der Waals surface area contributed by atoms with Gasteiger partial charge in [-0.15, -0.1) is 13.2 Å². The summed E-state index contributed by atoms with van der Waals surface area (Å²) in [5.41, 5.74) is -1.88. The highest BCUT2D eigenvalue weighted by Gasteiger charge is 2.78. The van der Waals surface area contributed by atoms with Crippen molar-refractivity contribution in [2.75, 3.05) is 26.3 Å². The number of amides is 2. The van der Waals surface area contributed by atoms with Crippen LogP contribution in [-0.4, -0.2) is 82.3 Å². The van der Waals surface area contributed by atoms with E-state index in [1.807, 2.05) is 18.7 Å². The van der Waals surface area contributed by atoms with Gasteiger partial charge in [-0.25, -0.2) is 0 Å². The fourth-order valence-corrected chi connectivity index (χ4v) is 6.74. The molecule has 3 aliphatic heterocycles. The molecule has 2 bridgehead atoms. The minimum absolute atomic E-state index is 0.0127. The molecule has 3 aliphatic rings. The van der Waals surface area contributed by atoms with E-state index in [1.54, 1.807) is 17.1 Å². The van der Waals surface area contributed by atoms with Crippen molar-refractivity contribution in [3.05, 3.63) is 25.3 Å². The molecular weight excluding hydrogens is 472 g/mol. The Kier molecular flexibility index (Phi) is 9.98. The molecule has 8 nitrogen and oxygen atoms in total. The Morgan fingerprint density at radius 2 is 1.97 bits per heavy atom. The lowest BCUT2D eigenvalue weighted by molar-refractivity contribution is -0.160. The van der Waals surface area contributed by atoms with Gasteiger partial charge in [0.15, 0.2) is 0 Å². The molecule has 208 valence electrons. The van der Waals surface area contributed by atoms with E-state index >= 15 is 0 Å². The lowest BCUT2D eigenvalue weighted by Crippen LogP contribution is -2.58. The molecule has 1 N–H and O–H groups in total. The smallest absolute Gasteiger partial charge is 0.312 e. The van der Waals surface area contributed by atoms with Crippen molar-refractivity contribution in [3.63, 3.8) is 0 Å². The number of carbonyl (C=O) groups is 3. The molecule has 3 saturated heterocycles. The Bertz CT molecular complexity index is 861. The van der Waals surface area contributed by atoms with Crippen LogP contribution in [0.4, 0.5) is 0 Å². The van der Waals surface area contributed by atoms with E-state index in [4.69, 9.17) is 14.6 Å². The summed E-state index contributed by atoms with van der Waals surface area (Å²) in [6, 6.07) is -0.795. The van der Waals surface area contributed by atoms with E-state index in [0.717, 1.165) is 32.1 Å². The summed E-state index contributed by atoms with van der Waals surface area (Å²) in [5, 5.41) is 9.11. The maximum Gasteiger partial charge on any atom is 0.312 e. The van der Waals surface area contributed by atoms with Gasteiger partial charge in [0.1, 0.15) is 17.6 Å². The van der Waals surface area contributed by atoms with E-state index in [1.165, 1.54) is 0 Å². The number of carbonyl (C=O) groups excluding carboxylic acids is 3. The topological polar surface area (TPSA) is 96.4 Å². The maximum absolute atomic E-state index is 14.3. The Morgan fingerprint density at radius 3 is 2.62 bits per heavy atom. The predicted octanol–water partition coefficient (Wildman–Crippen LogP) is 3.63. The predicted molar refractivity (Wildman–Crippen MR) is 142 cm³/mol. The summed E-state index contributed by atoms with van der Waals surface area (Å²) in [6.07, 6.45) is 10.0. The quantitative estimate of drug-likeness (QED) is 0.190. The molecule has 3 heterocycles. The van der Waals surface area contributed by atoms with Crippen molar-refractivity contribution >= 4 is 17.8 Å². The Balaban J connectivity index is 1.97. The van der Waals surface area contributed by atoms with Gasteiger partial charge in [0, 0.05) is 25.7 Å². The van der Waals surface area contributed by atoms with Gasteiger partial charge < -0.3 is 24.4 Å². The number of rotatable bonds is 16. The Morgan fingerprint density at radius 1 is 1.24 bits per heavy atom. The molecule has 3 unspecified atom stereocenters. The zero-order chi connectivity index (χ0) is 27.2. The normalized spacial score (nSPS) is 30.8. The molecule has 2 amide bonds. The molecule has 6 atom stereocenters. The second-order valence-corrected chi connectivity index (χ2v) is 11.1. The summed E-state index contributed by atoms with van der Waals surface area (Å²) < 4.78 is 12.2. The maximum atomic E-state index is 14.3. The number of ether oxygens (including phenoxy) is 2. The first kappa shape index (κ1) is 29.4. The van der Waals surface area contributed by atoms with Crippen LogP contribution in [0.3, 0.4) is 0 Å². The zero-order valence-corrected chi connectivity index (χ0v) is 23.0. The van der Waals surface area contributed by atoms with Gasteiger partial charge >= 0.3 is 5.97 Å². The van der Waals surface area contributed by atoms with Crippen molar-refractivity contribution in [1.82, 2.24) is 9.80 Å². The molecule has 0 aromatic carbocycles. The van der Waals surface area contributed by atoms with Gasteiger partial charge in [-0.3, -0.25) is 14.4 Å². The van der Waals surface area contributed by atoms with E-state index < -0.39 is 35.0 Å². The molecule has 3 rings (SSSR count). The number of unbranched alkanes of at least 4 members (excludes halogenated alkanes) is 3. The highest BCUT2D eigenvalue weighted by Crippen LogP contribution is 2.63. The summed E-state index contributed by atoms with van der Waals surface area (Å²) >= 11 is 0. The molecule has 3 fully saturated rings. The average Bonchev–Trinajstić information content (AvgIpc) is 3.43. The minimum Gasteiger partial charge on any atom is -0.465 e. The number of likely N-dealkylation sites (tertiary alicyclic amines) is 1. The largest absolute Gasteiger partial charge is 0.465 e. The molecule has 0 aromatic heterocycles. The number of hydrogen-bond acceptors (Lipinski definition) is 6. The van der Waals surface area contributed by atoms with E-state index in [2.05, 4.69) is 20.1 Å². The molecule has 1 spiro atoms. The number of fused-ring (bicyclic) bond motifs is 1. The first-order chi connectivity index (χ1) is 17.7. The SMILES string of the molecule is C=CCCOC(=O)[C@@H]1[C@H]2C(=O)N(CCCCCCO)C(C(=O)N(CC=C)C(C)CCC)C23CC[C@@]1(C)O3. The molecule has 0 saturated carbocycles. The summed E-state index contributed by atoms with van der Waals surface area (Å²) in [6.45, 7) is 14.7. The first-order valence-electron chi connectivity index (χ1n) is 14.0. The lowest BCUT2D eigenvalue weighted by atomic mass is 9.66. The van der Waals surface area contributed by atoms with Crippen molar-refractivity contribution in [2.24, 2.45) is 11.8 Å². The van der Waals surface area contributed by atoms with Crippen LogP contribution >= 0.6 is 0 Å². The van der Waals surface area contributed by atoms with Crippen LogP contribution in [0.1, 0.15) is 78.6 Å². The van der Waals surface area contributed by atoms with Gasteiger partial charge in [-0.1, -0.05) is 38.3 Å². The van der Waals surface area contributed by atoms with Crippen LogP contribution in [-0.2, 0) is 23.9 Å². The van der Waals surface area contributed by atoms with E-state index in [9.17, 15) is 14.4 Å². The Labute approximate surface area is 222 Å². The van der Waals surface area contributed by atoms with Gasteiger partial charge in [0.25, 0.3) is 0 Å². The molecule has 0 aliphatic carbocycles. The molecule has 0 radical (unpaired) electrons. The Hall–Kier alpha value is -2.19. The number of nitrogens with zero attached hydrogens (tertiary/aromatic N) is 2. The fraction of sp³-hybridized carbons (Fsp3) is 0.759. The van der Waals surface area contributed by atoms with Crippen LogP contribution in [0.15, 0.2) is 25.3 Å². The fourth-order valence-electron chi connectivity index (χ4n) is 6.74. The monoisotopic (exact) mass is 518 g/mol. The van der Waals surface area contributed by atoms with Crippen LogP contribution in [0.5, 0.6) is 0 Å². The third kappa shape index (κ3) is 5.51. The number of aliphatic hydroxyl groups excluding tert-OH is 1. The summed E-state index contributed by atoms with van der Waals surface area (Å²) in [7, 11) is 0. The summed E-state index contributed by atoms with van der Waals surface area (Å²) in [4.78, 5) is 45.2. The standard InChI is InChI=1S/C29H46N2O6/c1-6-9-20-36-27(35)23-22-25(33)31(18-12-10-11-13-19-32)24(29(22)16-15-28(23,5)37-29)26(34)30(17-8-3)21(4)14-7-2/h6,8,21-24,32H,1,3,7,9-20H2,2,4-5H3/t21?,22-,23-,24?,28+,29?/m0/s1.